The number of carbonyl (C=O) groups is 1. The monoisotopic (exact) mass is 172 g/mol. The second kappa shape index (κ2) is 9.23. The van der Waals surface area contributed by atoms with Crippen molar-refractivity contribution in [1.82, 2.24) is 0 Å². The van der Waals surface area contributed by atoms with E-state index in [0.29, 0.717) is 5.20 Å². The molecule has 0 saturated heterocycles. The minimum Gasteiger partial charge on any atom is -0.290 e. The summed E-state index contributed by atoms with van der Waals surface area (Å²) in [5.74, 6) is 0. The molecule has 0 unspecified atom stereocenters. The predicted molar refractivity (Wildman–Crippen MR) is 15.7 cm³/mol. The molecular formula is CHBrOZn. The third-order valence-corrected chi connectivity index (χ3v) is 0. The van der Waals surface area contributed by atoms with E-state index in [-0.39, 0.29) is 19.5 Å². The molecule has 0 aromatic heterocycles. The van der Waals surface area contributed by atoms with Gasteiger partial charge in [0.25, 0.3) is 0 Å². The molecule has 0 amide bonds. The van der Waals surface area contributed by atoms with E-state index >= 15 is 0 Å². The molecule has 0 atom stereocenters. The maximum atomic E-state index is 8.72. The molecule has 0 aromatic carbocycles. The Morgan fingerprint density at radius 3 is 1.75 bits per heavy atom. The van der Waals surface area contributed by atoms with Crippen LogP contribution >= 0.6 is 15.9 Å². The zero-order chi connectivity index (χ0) is 2.71. The van der Waals surface area contributed by atoms with E-state index in [2.05, 4.69) is 15.9 Å². The number of halogens is 1. The van der Waals surface area contributed by atoms with Gasteiger partial charge in [-0.25, -0.2) is 0 Å². The molecule has 0 N–H and O–H groups in total. The maximum Gasteiger partial charge on any atom is 0.185 e. The predicted octanol–water partition coefficient (Wildman–Crippen LogP) is 0.569. The van der Waals surface area contributed by atoms with Gasteiger partial charge in [-0.05, 0) is 15.9 Å². The van der Waals surface area contributed by atoms with Crippen LogP contribution in [0, 0.1) is 0 Å². The molecule has 0 spiro atoms. The summed E-state index contributed by atoms with van der Waals surface area (Å²) in [6.45, 7) is 0. The summed E-state index contributed by atoms with van der Waals surface area (Å²) in [5, 5.41) is 0.562. The number of hydrogen-bond donors (Lipinski definition) is 0. The van der Waals surface area contributed by atoms with Gasteiger partial charge in [-0.3, -0.25) is 4.79 Å². The standard InChI is InChI=1S/CHBrO.Zn/c2-1-3;/h1H;. The van der Waals surface area contributed by atoms with Gasteiger partial charge in [0, 0.05) is 19.5 Å². The van der Waals surface area contributed by atoms with Crippen molar-refractivity contribution in [3.05, 3.63) is 0 Å². The maximum absolute atomic E-state index is 8.72. The van der Waals surface area contributed by atoms with Crippen LogP contribution in [-0.2, 0) is 24.3 Å². The van der Waals surface area contributed by atoms with E-state index < -0.39 is 0 Å². The van der Waals surface area contributed by atoms with E-state index in [4.69, 9.17) is 4.79 Å². The van der Waals surface area contributed by atoms with Crippen molar-refractivity contribution < 1.29 is 24.3 Å². The fourth-order valence-electron chi connectivity index (χ4n) is 0. The Morgan fingerprint density at radius 1 is 1.75 bits per heavy atom. The molecule has 0 aliphatic rings. The molecule has 3 heteroatoms. The average Bonchev–Trinajstić information content (AvgIpc) is 0.918. The molecule has 0 fully saturated rings. The number of rotatable bonds is 0. The summed E-state index contributed by atoms with van der Waals surface area (Å²) < 4.78 is 0. The summed E-state index contributed by atoms with van der Waals surface area (Å²) in [6.07, 6.45) is 0. The fourth-order valence-corrected chi connectivity index (χ4v) is 0. The van der Waals surface area contributed by atoms with E-state index in [0.717, 1.165) is 0 Å². The second-order valence-corrected chi connectivity index (χ2v) is 0.463. The van der Waals surface area contributed by atoms with Crippen LogP contribution in [0.5, 0.6) is 0 Å². The van der Waals surface area contributed by atoms with Crippen LogP contribution in [0.2, 0.25) is 0 Å². The Kier molecular flexibility index (Phi) is 20.4. The van der Waals surface area contributed by atoms with Gasteiger partial charge in [0.1, 0.15) is 0 Å². The zero-order valence-electron chi connectivity index (χ0n) is 2.07. The van der Waals surface area contributed by atoms with Crippen molar-refractivity contribution in [3.63, 3.8) is 0 Å². The number of carbonyl (C=O) groups excluding carboxylic acids is 1. The topological polar surface area (TPSA) is 17.1 Å². The van der Waals surface area contributed by atoms with Crippen molar-refractivity contribution in [3.8, 4) is 0 Å². The molecule has 0 aromatic rings. The van der Waals surface area contributed by atoms with Crippen molar-refractivity contribution in [2.45, 2.75) is 0 Å². The Hall–Kier alpha value is 0.773. The van der Waals surface area contributed by atoms with Crippen molar-refractivity contribution >= 4 is 21.1 Å². The first kappa shape index (κ1) is 8.84. The number of hydrogen-bond acceptors (Lipinski definition) is 1. The molecule has 4 heavy (non-hydrogen) atoms. The van der Waals surface area contributed by atoms with Gasteiger partial charge < -0.3 is 0 Å². The largest absolute Gasteiger partial charge is 0.290 e. The van der Waals surface area contributed by atoms with Crippen LogP contribution in [0.1, 0.15) is 0 Å². The zero-order valence-corrected chi connectivity index (χ0v) is 6.62. The molecule has 0 aliphatic heterocycles. The smallest absolute Gasteiger partial charge is 0.185 e. The molecule has 0 radical (unpaired) electrons. The Morgan fingerprint density at radius 2 is 1.75 bits per heavy atom. The summed E-state index contributed by atoms with van der Waals surface area (Å²) in [5.41, 5.74) is 0. The fraction of sp³-hybridized carbons (Fsp3) is 0. The van der Waals surface area contributed by atoms with Gasteiger partial charge in [0.05, 0.1) is 0 Å². The Bertz CT molecular complexity index is 15.5. The third-order valence-electron chi connectivity index (χ3n) is 0. The van der Waals surface area contributed by atoms with Gasteiger partial charge in [-0.2, -0.15) is 0 Å². The van der Waals surface area contributed by atoms with E-state index in [9.17, 15) is 0 Å². The van der Waals surface area contributed by atoms with Crippen LogP contribution in [-0.4, -0.2) is 5.20 Å². The van der Waals surface area contributed by atoms with Crippen LogP contribution in [0.4, 0.5) is 0 Å². The second-order valence-electron chi connectivity index (χ2n) is 0.0891. The average molecular weight is 174 g/mol. The van der Waals surface area contributed by atoms with Gasteiger partial charge in [-0.1, -0.05) is 0 Å². The summed E-state index contributed by atoms with van der Waals surface area (Å²) in [6, 6.07) is 0. The Labute approximate surface area is 45.7 Å². The van der Waals surface area contributed by atoms with Gasteiger partial charge in [0.15, 0.2) is 5.20 Å². The summed E-state index contributed by atoms with van der Waals surface area (Å²) in [7, 11) is 0. The van der Waals surface area contributed by atoms with E-state index in [1.54, 1.807) is 0 Å². The summed E-state index contributed by atoms with van der Waals surface area (Å²) in [4.78, 5) is 8.72. The molecule has 20 valence electrons. The van der Waals surface area contributed by atoms with Crippen LogP contribution in [0.3, 0.4) is 0 Å². The van der Waals surface area contributed by atoms with E-state index in [1.807, 2.05) is 0 Å². The van der Waals surface area contributed by atoms with Crippen LogP contribution in [0.25, 0.3) is 0 Å². The molecule has 0 aliphatic carbocycles. The third kappa shape index (κ3) is 14.6. The first-order chi connectivity index (χ1) is 1.41. The minimum atomic E-state index is 0. The van der Waals surface area contributed by atoms with Crippen LogP contribution < -0.4 is 0 Å². The van der Waals surface area contributed by atoms with E-state index in [1.165, 1.54) is 0 Å². The van der Waals surface area contributed by atoms with Crippen molar-refractivity contribution in [2.75, 3.05) is 0 Å². The quantitative estimate of drug-likeness (QED) is 0.298. The molecule has 0 bridgehead atoms. The van der Waals surface area contributed by atoms with Gasteiger partial charge >= 0.3 is 0 Å². The molecule has 1 nitrogen and oxygen atoms in total. The molecule has 0 saturated carbocycles. The Balaban J connectivity index is 0. The van der Waals surface area contributed by atoms with Crippen molar-refractivity contribution in [2.24, 2.45) is 0 Å². The first-order valence-electron chi connectivity index (χ1n) is 0.454. The first-order valence-corrected chi connectivity index (χ1v) is 1.37. The minimum absolute atomic E-state index is 0. The normalized spacial score (nSPS) is 3.25. The molecule has 0 heterocycles. The van der Waals surface area contributed by atoms with Gasteiger partial charge in [0.2, 0.25) is 0 Å². The van der Waals surface area contributed by atoms with Gasteiger partial charge in [-0.15, -0.1) is 0 Å². The summed E-state index contributed by atoms with van der Waals surface area (Å²) >= 11 is 2.47. The van der Waals surface area contributed by atoms with Crippen LogP contribution in [0.15, 0.2) is 0 Å². The van der Waals surface area contributed by atoms with Crippen molar-refractivity contribution in [1.29, 1.82) is 0 Å². The SMILES string of the molecule is O=CBr.[Zn]. The molecule has 0 rings (SSSR count). The molecular weight excluding hydrogens is 173 g/mol.